The van der Waals surface area contributed by atoms with Gasteiger partial charge in [0.05, 0.1) is 26.0 Å². The van der Waals surface area contributed by atoms with E-state index in [-0.39, 0.29) is 5.97 Å². The molecule has 1 aliphatic heterocycles. The number of methoxy groups -OCH3 is 1. The third-order valence-electron chi connectivity index (χ3n) is 4.22. The van der Waals surface area contributed by atoms with Gasteiger partial charge >= 0.3 is 5.97 Å². The van der Waals surface area contributed by atoms with Crippen LogP contribution in [0, 0.1) is 6.92 Å². The maximum absolute atomic E-state index is 12.3. The molecule has 5 heteroatoms. The Kier molecular flexibility index (Phi) is 4.39. The Morgan fingerprint density at radius 1 is 1.17 bits per heavy atom. The number of hydrogen-bond acceptors (Lipinski definition) is 4. The molecule has 0 bridgehead atoms. The van der Waals surface area contributed by atoms with E-state index in [4.69, 9.17) is 9.47 Å². The lowest BCUT2D eigenvalue weighted by Gasteiger charge is -2.30. The summed E-state index contributed by atoms with van der Waals surface area (Å²) in [7, 11) is 3.30. The first kappa shape index (κ1) is 15.6. The highest BCUT2D eigenvalue weighted by Gasteiger charge is 2.27. The first-order valence-corrected chi connectivity index (χ1v) is 7.79. The van der Waals surface area contributed by atoms with E-state index in [9.17, 15) is 4.79 Å². The van der Waals surface area contributed by atoms with E-state index in [2.05, 4.69) is 36.1 Å². The molecule has 1 aliphatic rings. The predicted octanol–water partition coefficient (Wildman–Crippen LogP) is 2.62. The summed E-state index contributed by atoms with van der Waals surface area (Å²) in [4.78, 5) is 14.5. The van der Waals surface area contributed by atoms with E-state index in [0.717, 1.165) is 29.9 Å². The summed E-state index contributed by atoms with van der Waals surface area (Å²) < 4.78 is 12.3. The summed E-state index contributed by atoms with van der Waals surface area (Å²) in [5.41, 5.74) is 4.89. The van der Waals surface area contributed by atoms with Crippen LogP contribution in [0.15, 0.2) is 30.5 Å². The van der Waals surface area contributed by atoms with Gasteiger partial charge in [0.2, 0.25) is 0 Å². The predicted molar refractivity (Wildman–Crippen MR) is 90.0 cm³/mol. The molecule has 3 rings (SSSR count). The lowest BCUT2D eigenvalue weighted by molar-refractivity contribution is 0.0589. The number of ether oxygens (including phenoxy) is 2. The molecule has 0 amide bonds. The van der Waals surface area contributed by atoms with Crippen LogP contribution in [-0.4, -0.2) is 43.9 Å². The molecular formula is C18H22N2O3. The van der Waals surface area contributed by atoms with Crippen molar-refractivity contribution < 1.29 is 14.3 Å². The third-order valence-corrected chi connectivity index (χ3v) is 4.22. The minimum atomic E-state index is -0.313. The molecule has 0 radical (unpaired) electrons. The highest BCUT2D eigenvalue weighted by atomic mass is 16.5. The Balaban J connectivity index is 2.14. The summed E-state index contributed by atoms with van der Waals surface area (Å²) >= 11 is 0. The number of nitrogens with zero attached hydrogens (tertiary/aromatic N) is 2. The molecule has 0 spiro atoms. The molecule has 1 aromatic carbocycles. The van der Waals surface area contributed by atoms with Crippen LogP contribution in [0.25, 0.3) is 11.1 Å². The number of esters is 1. The van der Waals surface area contributed by atoms with Crippen molar-refractivity contribution >= 4 is 11.7 Å². The van der Waals surface area contributed by atoms with Crippen LogP contribution in [-0.2, 0) is 16.5 Å². The van der Waals surface area contributed by atoms with Crippen LogP contribution in [0.2, 0.25) is 0 Å². The van der Waals surface area contributed by atoms with E-state index >= 15 is 0 Å². The molecule has 0 N–H and O–H groups in total. The Morgan fingerprint density at radius 3 is 2.43 bits per heavy atom. The van der Waals surface area contributed by atoms with Crippen LogP contribution >= 0.6 is 0 Å². The Bertz CT molecular complexity index is 698. The second-order valence-electron chi connectivity index (χ2n) is 5.81. The second-order valence-corrected chi connectivity index (χ2v) is 5.81. The lowest BCUT2D eigenvalue weighted by atomic mass is 10.0. The van der Waals surface area contributed by atoms with Gasteiger partial charge in [0.25, 0.3) is 0 Å². The van der Waals surface area contributed by atoms with Crippen LogP contribution in [0.4, 0.5) is 5.69 Å². The maximum Gasteiger partial charge on any atom is 0.356 e. The van der Waals surface area contributed by atoms with Crippen molar-refractivity contribution in [1.29, 1.82) is 0 Å². The number of morpholine rings is 1. The van der Waals surface area contributed by atoms with Crippen LogP contribution < -0.4 is 4.90 Å². The standard InChI is InChI=1S/C18H22N2O3/c1-13-4-6-14(7-5-13)15-12-19(2)17(18(21)22-3)16(15)20-8-10-23-11-9-20/h4-7,12H,8-11H2,1-3H3. The van der Waals surface area contributed by atoms with Crippen molar-refractivity contribution in [1.82, 2.24) is 4.57 Å². The topological polar surface area (TPSA) is 43.7 Å². The monoisotopic (exact) mass is 314 g/mol. The van der Waals surface area contributed by atoms with Crippen molar-refractivity contribution in [3.63, 3.8) is 0 Å². The minimum absolute atomic E-state index is 0.313. The summed E-state index contributed by atoms with van der Waals surface area (Å²) in [5.74, 6) is -0.313. The Hall–Kier alpha value is -2.27. The van der Waals surface area contributed by atoms with Gasteiger partial charge in [0.15, 0.2) is 5.69 Å². The molecule has 1 saturated heterocycles. The molecule has 0 saturated carbocycles. The van der Waals surface area contributed by atoms with E-state index in [0.29, 0.717) is 18.9 Å². The number of benzene rings is 1. The number of anilines is 1. The fourth-order valence-electron chi connectivity index (χ4n) is 3.00. The smallest absolute Gasteiger partial charge is 0.356 e. The molecular weight excluding hydrogens is 292 g/mol. The van der Waals surface area contributed by atoms with Crippen molar-refractivity contribution in [2.24, 2.45) is 7.05 Å². The van der Waals surface area contributed by atoms with Gasteiger partial charge in [-0.2, -0.15) is 0 Å². The molecule has 0 unspecified atom stereocenters. The fraction of sp³-hybridized carbons (Fsp3) is 0.389. The molecule has 2 heterocycles. The molecule has 0 atom stereocenters. The number of carbonyl (C=O) groups is 1. The number of carbonyl (C=O) groups excluding carboxylic acids is 1. The van der Waals surface area contributed by atoms with Crippen molar-refractivity contribution in [2.75, 3.05) is 38.3 Å². The molecule has 122 valence electrons. The normalized spacial score (nSPS) is 14.8. The van der Waals surface area contributed by atoms with E-state index in [1.54, 1.807) is 0 Å². The zero-order chi connectivity index (χ0) is 16.4. The number of rotatable bonds is 3. The molecule has 1 aromatic heterocycles. The first-order chi connectivity index (χ1) is 11.1. The van der Waals surface area contributed by atoms with Crippen molar-refractivity contribution in [2.45, 2.75) is 6.92 Å². The van der Waals surface area contributed by atoms with Crippen LogP contribution in [0.3, 0.4) is 0 Å². The minimum Gasteiger partial charge on any atom is -0.464 e. The summed E-state index contributed by atoms with van der Waals surface area (Å²) in [5, 5.41) is 0. The van der Waals surface area contributed by atoms with Gasteiger partial charge in [-0.1, -0.05) is 29.8 Å². The zero-order valence-corrected chi connectivity index (χ0v) is 13.8. The zero-order valence-electron chi connectivity index (χ0n) is 13.8. The first-order valence-electron chi connectivity index (χ1n) is 7.79. The van der Waals surface area contributed by atoms with Crippen LogP contribution in [0.1, 0.15) is 16.1 Å². The highest BCUT2D eigenvalue weighted by Crippen LogP contribution is 2.36. The van der Waals surface area contributed by atoms with Crippen LogP contribution in [0.5, 0.6) is 0 Å². The van der Waals surface area contributed by atoms with Gasteiger partial charge in [-0.15, -0.1) is 0 Å². The largest absolute Gasteiger partial charge is 0.464 e. The highest BCUT2D eigenvalue weighted by molar-refractivity contribution is 5.99. The molecule has 23 heavy (non-hydrogen) atoms. The van der Waals surface area contributed by atoms with E-state index < -0.39 is 0 Å². The maximum atomic E-state index is 12.3. The van der Waals surface area contributed by atoms with Gasteiger partial charge in [0, 0.05) is 31.9 Å². The fourth-order valence-corrected chi connectivity index (χ4v) is 3.00. The van der Waals surface area contributed by atoms with Gasteiger partial charge in [-0.25, -0.2) is 4.79 Å². The average molecular weight is 314 g/mol. The van der Waals surface area contributed by atoms with Crippen molar-refractivity contribution in [3.05, 3.63) is 41.7 Å². The Labute approximate surface area is 136 Å². The quantitative estimate of drug-likeness (QED) is 0.817. The second kappa shape index (κ2) is 6.46. The molecule has 0 aliphatic carbocycles. The molecule has 2 aromatic rings. The Morgan fingerprint density at radius 2 is 1.83 bits per heavy atom. The number of aromatic nitrogens is 1. The number of aryl methyl sites for hydroxylation is 2. The number of hydrogen-bond donors (Lipinski definition) is 0. The van der Waals surface area contributed by atoms with Gasteiger partial charge in [-0.3, -0.25) is 0 Å². The summed E-state index contributed by atoms with van der Waals surface area (Å²) in [6.07, 6.45) is 2.00. The average Bonchev–Trinajstić information content (AvgIpc) is 2.93. The summed E-state index contributed by atoms with van der Waals surface area (Å²) in [6, 6.07) is 8.36. The SMILES string of the molecule is COC(=O)c1c(N2CCOCC2)c(-c2ccc(C)cc2)cn1C. The van der Waals surface area contributed by atoms with E-state index in [1.165, 1.54) is 12.7 Å². The van der Waals surface area contributed by atoms with Gasteiger partial charge in [-0.05, 0) is 12.5 Å². The van der Waals surface area contributed by atoms with Gasteiger partial charge < -0.3 is 18.9 Å². The molecule has 1 fully saturated rings. The third kappa shape index (κ3) is 2.97. The van der Waals surface area contributed by atoms with Gasteiger partial charge in [0.1, 0.15) is 0 Å². The molecule has 5 nitrogen and oxygen atoms in total. The lowest BCUT2D eigenvalue weighted by Crippen LogP contribution is -2.37. The van der Waals surface area contributed by atoms with E-state index in [1.807, 2.05) is 17.8 Å². The van der Waals surface area contributed by atoms with Crippen molar-refractivity contribution in [3.8, 4) is 11.1 Å². The summed E-state index contributed by atoms with van der Waals surface area (Å²) in [6.45, 7) is 4.95.